The molecule has 1 rings (SSSR count). The van der Waals surface area contributed by atoms with Gasteiger partial charge in [0.2, 0.25) is 0 Å². The Morgan fingerprint density at radius 1 is 1.44 bits per heavy atom. The quantitative estimate of drug-likeness (QED) is 0.855. The van der Waals surface area contributed by atoms with Gasteiger partial charge in [0.05, 0.1) is 6.61 Å². The summed E-state index contributed by atoms with van der Waals surface area (Å²) in [6.45, 7) is 4.13. The molecule has 0 aliphatic rings. The zero-order valence-corrected chi connectivity index (χ0v) is 11.1. The first-order valence-electron chi connectivity index (χ1n) is 5.32. The fourth-order valence-corrected chi connectivity index (χ4v) is 2.82. The van der Waals surface area contributed by atoms with Crippen LogP contribution in [-0.2, 0) is 0 Å². The molecule has 2 nitrogen and oxygen atoms in total. The molecule has 3 N–H and O–H groups in total. The highest BCUT2D eigenvalue weighted by Crippen LogP contribution is 2.35. The Labute approximate surface area is 106 Å². The maximum atomic E-state index is 9.08. The predicted octanol–water partition coefficient (Wildman–Crippen LogP) is 2.84. The van der Waals surface area contributed by atoms with Gasteiger partial charge in [0, 0.05) is 21.6 Å². The Kier molecular flexibility index (Phi) is 5.62. The van der Waals surface area contributed by atoms with Gasteiger partial charge in [-0.2, -0.15) is 0 Å². The van der Waals surface area contributed by atoms with Gasteiger partial charge in [-0.3, -0.25) is 0 Å². The topological polar surface area (TPSA) is 46.2 Å². The van der Waals surface area contributed by atoms with Crippen LogP contribution in [0.2, 0.25) is 5.02 Å². The molecule has 16 heavy (non-hydrogen) atoms. The summed E-state index contributed by atoms with van der Waals surface area (Å²) >= 11 is 7.65. The van der Waals surface area contributed by atoms with Crippen molar-refractivity contribution in [3.63, 3.8) is 0 Å². The Balaban J connectivity index is 2.85. The molecule has 0 aliphatic carbocycles. The number of rotatable bonds is 5. The van der Waals surface area contributed by atoms with Gasteiger partial charge in [0.15, 0.2) is 0 Å². The number of aliphatic hydroxyl groups is 1. The van der Waals surface area contributed by atoms with Crippen LogP contribution in [0, 0.1) is 0 Å². The molecule has 0 aliphatic heterocycles. The van der Waals surface area contributed by atoms with Crippen LogP contribution < -0.4 is 5.73 Å². The van der Waals surface area contributed by atoms with Gasteiger partial charge < -0.3 is 10.8 Å². The number of thioether (sulfide) groups is 1. The number of hydrogen-bond acceptors (Lipinski definition) is 3. The third-order valence-electron chi connectivity index (χ3n) is 2.29. The van der Waals surface area contributed by atoms with Crippen LogP contribution in [0.4, 0.5) is 0 Å². The van der Waals surface area contributed by atoms with Crippen molar-refractivity contribution in [2.45, 2.75) is 30.4 Å². The Morgan fingerprint density at radius 3 is 2.62 bits per heavy atom. The molecule has 0 aromatic heterocycles. The first-order valence-corrected chi connectivity index (χ1v) is 6.64. The van der Waals surface area contributed by atoms with E-state index in [0.29, 0.717) is 0 Å². The third-order valence-corrected chi connectivity index (χ3v) is 4.13. The molecule has 0 spiro atoms. The Bertz CT molecular complexity index is 333. The smallest absolute Gasteiger partial charge is 0.0547 e. The number of benzene rings is 1. The average molecular weight is 260 g/mol. The second kappa shape index (κ2) is 6.50. The summed E-state index contributed by atoms with van der Waals surface area (Å²) in [5, 5.41) is 10.1. The van der Waals surface area contributed by atoms with E-state index in [9.17, 15) is 0 Å². The maximum absolute atomic E-state index is 9.08. The second-order valence-corrected chi connectivity index (χ2v) is 5.99. The van der Waals surface area contributed by atoms with E-state index in [1.54, 1.807) is 11.8 Å². The minimum atomic E-state index is 0.0254. The maximum Gasteiger partial charge on any atom is 0.0547 e. The van der Waals surface area contributed by atoms with Crippen LogP contribution >= 0.6 is 23.4 Å². The minimum Gasteiger partial charge on any atom is -0.395 e. The first kappa shape index (κ1) is 13.8. The molecule has 0 fully saturated rings. The summed E-state index contributed by atoms with van der Waals surface area (Å²) in [5.74, 6) is 0. The molecule has 1 aromatic carbocycles. The largest absolute Gasteiger partial charge is 0.395 e. The van der Waals surface area contributed by atoms with Gasteiger partial charge in [-0.25, -0.2) is 0 Å². The van der Waals surface area contributed by atoms with Crippen LogP contribution in [0.1, 0.15) is 24.7 Å². The van der Waals surface area contributed by atoms with Crippen LogP contribution in [0.3, 0.4) is 0 Å². The Morgan fingerprint density at radius 2 is 2.12 bits per heavy atom. The van der Waals surface area contributed by atoms with E-state index in [4.69, 9.17) is 22.4 Å². The Hall–Kier alpha value is -0.220. The molecule has 0 radical (unpaired) electrons. The molecule has 0 saturated carbocycles. The number of hydrogen-bond donors (Lipinski definition) is 2. The fraction of sp³-hybridized carbons (Fsp3) is 0.500. The SMILES string of the molecule is CC(CO)SC(c1cccc(Cl)c1)C(C)N. The van der Waals surface area contributed by atoms with Gasteiger partial charge in [-0.05, 0) is 24.6 Å². The number of halogens is 1. The van der Waals surface area contributed by atoms with E-state index in [0.717, 1.165) is 10.6 Å². The number of aliphatic hydroxyl groups excluding tert-OH is 1. The summed E-state index contributed by atoms with van der Waals surface area (Å²) in [4.78, 5) is 0. The molecule has 0 bridgehead atoms. The fourth-order valence-electron chi connectivity index (χ4n) is 1.48. The van der Waals surface area contributed by atoms with E-state index in [-0.39, 0.29) is 23.1 Å². The standard InChI is InChI=1S/C12H18ClNOS/c1-8(7-15)16-12(9(2)14)10-4-3-5-11(13)6-10/h3-6,8-9,12,15H,7,14H2,1-2H3. The van der Waals surface area contributed by atoms with Crippen LogP contribution in [0.15, 0.2) is 24.3 Å². The first-order chi connectivity index (χ1) is 7.54. The summed E-state index contributed by atoms with van der Waals surface area (Å²) in [7, 11) is 0. The van der Waals surface area contributed by atoms with Gasteiger partial charge >= 0.3 is 0 Å². The molecule has 0 heterocycles. The normalized spacial score (nSPS) is 16.8. The van der Waals surface area contributed by atoms with Gasteiger partial charge in [0.1, 0.15) is 0 Å². The van der Waals surface area contributed by atoms with Crippen molar-refractivity contribution < 1.29 is 5.11 Å². The molecule has 4 heteroatoms. The van der Waals surface area contributed by atoms with E-state index in [1.807, 2.05) is 38.1 Å². The minimum absolute atomic E-state index is 0.0254. The molecular weight excluding hydrogens is 242 g/mol. The van der Waals surface area contributed by atoms with Crippen molar-refractivity contribution in [2.75, 3.05) is 6.61 Å². The lowest BCUT2D eigenvalue weighted by atomic mass is 10.1. The lowest BCUT2D eigenvalue weighted by molar-refractivity contribution is 0.299. The summed E-state index contributed by atoms with van der Waals surface area (Å²) in [6, 6.07) is 7.77. The van der Waals surface area contributed by atoms with Crippen molar-refractivity contribution in [1.82, 2.24) is 0 Å². The lowest BCUT2D eigenvalue weighted by Gasteiger charge is -2.23. The highest BCUT2D eigenvalue weighted by Gasteiger charge is 2.19. The molecule has 1 aromatic rings. The summed E-state index contributed by atoms with van der Waals surface area (Å²) < 4.78 is 0. The van der Waals surface area contributed by atoms with Crippen molar-refractivity contribution in [2.24, 2.45) is 5.73 Å². The molecule has 3 unspecified atom stereocenters. The molecule has 0 amide bonds. The molecular formula is C12H18ClNOS. The predicted molar refractivity (Wildman–Crippen MR) is 72.0 cm³/mol. The van der Waals surface area contributed by atoms with Gasteiger partial charge in [-0.15, -0.1) is 11.8 Å². The van der Waals surface area contributed by atoms with E-state index in [1.165, 1.54) is 0 Å². The highest BCUT2D eigenvalue weighted by molar-refractivity contribution is 8.00. The van der Waals surface area contributed by atoms with Gasteiger partial charge in [-0.1, -0.05) is 30.7 Å². The van der Waals surface area contributed by atoms with Crippen molar-refractivity contribution in [3.05, 3.63) is 34.9 Å². The number of nitrogens with two attached hydrogens (primary N) is 1. The van der Waals surface area contributed by atoms with Crippen molar-refractivity contribution >= 4 is 23.4 Å². The zero-order valence-electron chi connectivity index (χ0n) is 9.56. The van der Waals surface area contributed by atoms with Crippen molar-refractivity contribution in [1.29, 1.82) is 0 Å². The zero-order chi connectivity index (χ0) is 12.1. The molecule has 0 saturated heterocycles. The van der Waals surface area contributed by atoms with Crippen LogP contribution in [0.25, 0.3) is 0 Å². The van der Waals surface area contributed by atoms with E-state index in [2.05, 4.69) is 0 Å². The van der Waals surface area contributed by atoms with Crippen LogP contribution in [0.5, 0.6) is 0 Å². The van der Waals surface area contributed by atoms with Crippen LogP contribution in [-0.4, -0.2) is 23.0 Å². The highest BCUT2D eigenvalue weighted by atomic mass is 35.5. The summed E-state index contributed by atoms with van der Waals surface area (Å²) in [5.41, 5.74) is 7.09. The second-order valence-electron chi connectivity index (χ2n) is 3.96. The summed E-state index contributed by atoms with van der Waals surface area (Å²) in [6.07, 6.45) is 0. The monoisotopic (exact) mass is 259 g/mol. The molecule has 3 atom stereocenters. The average Bonchev–Trinajstić information content (AvgIpc) is 2.25. The molecule has 90 valence electrons. The third kappa shape index (κ3) is 3.98. The van der Waals surface area contributed by atoms with E-state index < -0.39 is 0 Å². The van der Waals surface area contributed by atoms with Gasteiger partial charge in [0.25, 0.3) is 0 Å². The van der Waals surface area contributed by atoms with E-state index >= 15 is 0 Å². The van der Waals surface area contributed by atoms with Crippen molar-refractivity contribution in [3.8, 4) is 0 Å². The lowest BCUT2D eigenvalue weighted by Crippen LogP contribution is -2.24.